The number of halogens is 3. The van der Waals surface area contributed by atoms with Crippen LogP contribution in [0.25, 0.3) is 0 Å². The first kappa shape index (κ1) is 12.0. The SMILES string of the molecule is COC(=O)C1(c2ccccc2F)CC(F)(F)C1. The molecule has 0 amide bonds. The van der Waals surface area contributed by atoms with Crippen LogP contribution in [0.1, 0.15) is 18.4 Å². The zero-order valence-electron chi connectivity index (χ0n) is 9.17. The molecule has 0 bridgehead atoms. The Morgan fingerprint density at radius 1 is 1.29 bits per heavy atom. The molecule has 5 heteroatoms. The predicted octanol–water partition coefficient (Wildman–Crippen LogP) is 2.67. The second kappa shape index (κ2) is 3.75. The normalized spacial score (nSPS) is 20.5. The molecule has 0 aliphatic heterocycles. The van der Waals surface area contributed by atoms with Crippen molar-refractivity contribution in [2.45, 2.75) is 24.2 Å². The summed E-state index contributed by atoms with van der Waals surface area (Å²) in [5.74, 6) is -4.40. The highest BCUT2D eigenvalue weighted by atomic mass is 19.3. The molecule has 0 spiro atoms. The van der Waals surface area contributed by atoms with Crippen LogP contribution < -0.4 is 0 Å². The lowest BCUT2D eigenvalue weighted by molar-refractivity contribution is -0.177. The molecule has 1 saturated carbocycles. The lowest BCUT2D eigenvalue weighted by Gasteiger charge is -2.45. The second-order valence-corrected chi connectivity index (χ2v) is 4.26. The van der Waals surface area contributed by atoms with Crippen LogP contribution in [-0.2, 0) is 14.9 Å². The van der Waals surface area contributed by atoms with Crippen molar-refractivity contribution in [2.24, 2.45) is 0 Å². The van der Waals surface area contributed by atoms with Gasteiger partial charge in [0.15, 0.2) is 0 Å². The van der Waals surface area contributed by atoms with Crippen molar-refractivity contribution < 1.29 is 22.7 Å². The highest BCUT2D eigenvalue weighted by Gasteiger charge is 2.63. The molecule has 92 valence electrons. The number of methoxy groups -OCH3 is 1. The van der Waals surface area contributed by atoms with Crippen molar-refractivity contribution in [3.8, 4) is 0 Å². The number of carbonyl (C=O) groups excluding carboxylic acids is 1. The number of benzene rings is 1. The number of hydrogen-bond acceptors (Lipinski definition) is 2. The fourth-order valence-electron chi connectivity index (χ4n) is 2.32. The standard InChI is InChI=1S/C12H11F3O2/c1-17-10(16)11(6-12(14,15)7-11)8-4-2-3-5-9(8)13/h2-5H,6-7H2,1H3. The predicted molar refractivity (Wildman–Crippen MR) is 54.3 cm³/mol. The van der Waals surface area contributed by atoms with E-state index in [1.165, 1.54) is 18.2 Å². The summed E-state index contributed by atoms with van der Waals surface area (Å²) in [7, 11) is 1.11. The van der Waals surface area contributed by atoms with E-state index >= 15 is 0 Å². The van der Waals surface area contributed by atoms with Crippen LogP contribution in [0, 0.1) is 5.82 Å². The van der Waals surface area contributed by atoms with Crippen LogP contribution in [0.15, 0.2) is 24.3 Å². The minimum Gasteiger partial charge on any atom is -0.468 e. The highest BCUT2D eigenvalue weighted by Crippen LogP contribution is 2.54. The van der Waals surface area contributed by atoms with Gasteiger partial charge in [0, 0.05) is 18.4 Å². The van der Waals surface area contributed by atoms with E-state index in [0.717, 1.165) is 13.2 Å². The van der Waals surface area contributed by atoms with Gasteiger partial charge in [-0.2, -0.15) is 0 Å². The molecule has 17 heavy (non-hydrogen) atoms. The zero-order valence-corrected chi connectivity index (χ0v) is 9.17. The number of carbonyl (C=O) groups is 1. The highest BCUT2D eigenvalue weighted by molar-refractivity contribution is 5.85. The number of hydrogen-bond donors (Lipinski definition) is 0. The Morgan fingerprint density at radius 3 is 2.35 bits per heavy atom. The third-order valence-electron chi connectivity index (χ3n) is 3.09. The minimum atomic E-state index is -2.93. The van der Waals surface area contributed by atoms with Gasteiger partial charge in [0.25, 0.3) is 5.92 Å². The Bertz CT molecular complexity index is 449. The molecule has 0 saturated heterocycles. The Hall–Kier alpha value is -1.52. The third kappa shape index (κ3) is 1.79. The van der Waals surface area contributed by atoms with Gasteiger partial charge in [0.05, 0.1) is 7.11 Å². The number of ether oxygens (including phenoxy) is 1. The Kier molecular flexibility index (Phi) is 2.64. The molecule has 1 aliphatic carbocycles. The van der Waals surface area contributed by atoms with Gasteiger partial charge in [-0.1, -0.05) is 18.2 Å². The first-order valence-electron chi connectivity index (χ1n) is 5.13. The largest absolute Gasteiger partial charge is 0.468 e. The van der Waals surface area contributed by atoms with Gasteiger partial charge in [0.2, 0.25) is 0 Å². The summed E-state index contributed by atoms with van der Waals surface area (Å²) in [4.78, 5) is 11.6. The molecule has 0 unspecified atom stereocenters. The lowest BCUT2D eigenvalue weighted by Crippen LogP contribution is -2.55. The average molecular weight is 244 g/mol. The maximum Gasteiger partial charge on any atom is 0.316 e. The van der Waals surface area contributed by atoms with E-state index in [4.69, 9.17) is 0 Å². The van der Waals surface area contributed by atoms with Crippen LogP contribution in [0.4, 0.5) is 13.2 Å². The van der Waals surface area contributed by atoms with Crippen LogP contribution in [0.5, 0.6) is 0 Å². The molecule has 1 fully saturated rings. The van der Waals surface area contributed by atoms with Gasteiger partial charge in [-0.15, -0.1) is 0 Å². The fourth-order valence-corrected chi connectivity index (χ4v) is 2.32. The van der Waals surface area contributed by atoms with Gasteiger partial charge in [0.1, 0.15) is 11.2 Å². The van der Waals surface area contributed by atoms with E-state index in [0.29, 0.717) is 0 Å². The Labute approximate surface area is 96.4 Å². The minimum absolute atomic E-state index is 0.0159. The molecule has 1 aliphatic rings. The first-order chi connectivity index (χ1) is 7.91. The van der Waals surface area contributed by atoms with Crippen LogP contribution >= 0.6 is 0 Å². The van der Waals surface area contributed by atoms with Gasteiger partial charge in [-0.25, -0.2) is 13.2 Å². The molecule has 0 atom stereocenters. The van der Waals surface area contributed by atoms with Crippen molar-refractivity contribution in [1.29, 1.82) is 0 Å². The smallest absolute Gasteiger partial charge is 0.316 e. The second-order valence-electron chi connectivity index (χ2n) is 4.26. The quantitative estimate of drug-likeness (QED) is 0.747. The van der Waals surface area contributed by atoms with Crippen LogP contribution in [-0.4, -0.2) is 19.0 Å². The molecule has 2 nitrogen and oxygen atoms in total. The molecule has 0 radical (unpaired) electrons. The Balaban J connectivity index is 2.44. The maximum absolute atomic E-state index is 13.6. The summed E-state index contributed by atoms with van der Waals surface area (Å²) in [6, 6.07) is 5.46. The number of esters is 1. The number of alkyl halides is 2. The summed E-state index contributed by atoms with van der Waals surface area (Å²) in [5.41, 5.74) is -1.55. The summed E-state index contributed by atoms with van der Waals surface area (Å²) in [6.07, 6.45) is -1.40. The van der Waals surface area contributed by atoms with E-state index in [-0.39, 0.29) is 5.56 Å². The average Bonchev–Trinajstić information content (AvgIpc) is 2.25. The molecule has 0 aromatic heterocycles. The molecule has 0 N–H and O–H groups in total. The van der Waals surface area contributed by atoms with E-state index in [9.17, 15) is 18.0 Å². The van der Waals surface area contributed by atoms with Gasteiger partial charge in [-0.3, -0.25) is 4.79 Å². The van der Waals surface area contributed by atoms with Crippen LogP contribution in [0.3, 0.4) is 0 Å². The van der Waals surface area contributed by atoms with Gasteiger partial charge in [-0.05, 0) is 6.07 Å². The first-order valence-corrected chi connectivity index (χ1v) is 5.13. The summed E-state index contributed by atoms with van der Waals surface area (Å²) in [6.45, 7) is 0. The summed E-state index contributed by atoms with van der Waals surface area (Å²) in [5, 5.41) is 0. The molecule has 2 rings (SSSR count). The molecule has 1 aromatic carbocycles. The van der Waals surface area contributed by atoms with E-state index < -0.39 is 36.0 Å². The van der Waals surface area contributed by atoms with E-state index in [1.807, 2.05) is 0 Å². The fraction of sp³-hybridized carbons (Fsp3) is 0.417. The Morgan fingerprint density at radius 2 is 1.88 bits per heavy atom. The van der Waals surface area contributed by atoms with E-state index in [1.54, 1.807) is 0 Å². The van der Waals surface area contributed by atoms with Gasteiger partial charge >= 0.3 is 5.97 Å². The van der Waals surface area contributed by atoms with Crippen molar-refractivity contribution in [1.82, 2.24) is 0 Å². The van der Waals surface area contributed by atoms with Gasteiger partial charge < -0.3 is 4.74 Å². The molecule has 0 heterocycles. The van der Waals surface area contributed by atoms with Crippen molar-refractivity contribution in [2.75, 3.05) is 7.11 Å². The number of rotatable bonds is 2. The zero-order chi connectivity index (χ0) is 12.7. The monoisotopic (exact) mass is 244 g/mol. The van der Waals surface area contributed by atoms with Crippen molar-refractivity contribution >= 4 is 5.97 Å². The molecular weight excluding hydrogens is 233 g/mol. The van der Waals surface area contributed by atoms with Crippen LogP contribution in [0.2, 0.25) is 0 Å². The molecular formula is C12H11F3O2. The van der Waals surface area contributed by atoms with E-state index in [2.05, 4.69) is 4.74 Å². The van der Waals surface area contributed by atoms with Crippen molar-refractivity contribution in [3.63, 3.8) is 0 Å². The lowest BCUT2D eigenvalue weighted by atomic mass is 9.62. The summed E-state index contributed by atoms with van der Waals surface area (Å²) >= 11 is 0. The summed E-state index contributed by atoms with van der Waals surface area (Å²) < 4.78 is 44.2. The van der Waals surface area contributed by atoms with Crippen molar-refractivity contribution in [3.05, 3.63) is 35.6 Å². The maximum atomic E-state index is 13.6. The molecule has 1 aromatic rings. The third-order valence-corrected chi connectivity index (χ3v) is 3.09. The topological polar surface area (TPSA) is 26.3 Å².